The minimum Gasteiger partial charge on any atom is -0.382 e. The summed E-state index contributed by atoms with van der Waals surface area (Å²) in [5.74, 6) is 0.475. The Balaban J connectivity index is 2.58. The third kappa shape index (κ3) is 2.70. The van der Waals surface area contributed by atoms with Crippen LogP contribution < -0.4 is 5.73 Å². The van der Waals surface area contributed by atoms with Crippen molar-refractivity contribution in [2.45, 2.75) is 30.5 Å². The van der Waals surface area contributed by atoms with E-state index in [1.165, 1.54) is 0 Å². The largest absolute Gasteiger partial charge is 0.382 e. The van der Waals surface area contributed by atoms with Gasteiger partial charge in [0.1, 0.15) is 10.8 Å². The molecule has 0 saturated heterocycles. The van der Waals surface area contributed by atoms with Crippen molar-refractivity contribution in [1.82, 2.24) is 10.2 Å². The quantitative estimate of drug-likeness (QED) is 0.728. The highest BCUT2D eigenvalue weighted by atomic mass is 32.2. The lowest BCUT2D eigenvalue weighted by molar-refractivity contribution is 0.885. The predicted molar refractivity (Wildman–Crippen MR) is 52.1 cm³/mol. The maximum absolute atomic E-state index is 5.41. The molecule has 0 saturated carbocycles. The van der Waals surface area contributed by atoms with Crippen LogP contribution in [-0.2, 0) is 0 Å². The van der Waals surface area contributed by atoms with Crippen molar-refractivity contribution in [1.29, 1.82) is 0 Å². The van der Waals surface area contributed by atoms with Crippen LogP contribution in [0.3, 0.4) is 0 Å². The summed E-state index contributed by atoms with van der Waals surface area (Å²) >= 11 is 1.72. The molecule has 0 aliphatic rings. The van der Waals surface area contributed by atoms with Gasteiger partial charge in [-0.25, -0.2) is 0 Å². The third-order valence-electron chi connectivity index (χ3n) is 1.56. The van der Waals surface area contributed by atoms with E-state index in [1.54, 1.807) is 17.8 Å². The summed E-state index contributed by atoms with van der Waals surface area (Å²) in [5, 5.41) is 9.26. The fourth-order valence-corrected chi connectivity index (χ4v) is 1.50. The van der Waals surface area contributed by atoms with Gasteiger partial charge in [-0.05, 0) is 18.6 Å². The Morgan fingerprint density at radius 1 is 1.50 bits per heavy atom. The zero-order valence-electron chi connectivity index (χ0n) is 7.32. The zero-order valence-corrected chi connectivity index (χ0v) is 8.14. The SMILES string of the molecule is CCC(C)Sc1ccc(N)nn1. The topological polar surface area (TPSA) is 51.8 Å². The van der Waals surface area contributed by atoms with Crippen LogP contribution >= 0.6 is 11.8 Å². The van der Waals surface area contributed by atoms with Gasteiger partial charge in [0.15, 0.2) is 0 Å². The van der Waals surface area contributed by atoms with E-state index in [-0.39, 0.29) is 0 Å². The summed E-state index contributed by atoms with van der Waals surface area (Å²) in [5.41, 5.74) is 5.41. The normalized spacial score (nSPS) is 12.8. The molecule has 1 heterocycles. The second-order valence-corrected chi connectivity index (χ2v) is 4.09. The first-order chi connectivity index (χ1) is 5.72. The molecule has 0 aliphatic carbocycles. The van der Waals surface area contributed by atoms with Crippen molar-refractivity contribution in [3.8, 4) is 0 Å². The molecule has 1 rings (SSSR count). The third-order valence-corrected chi connectivity index (χ3v) is 2.75. The van der Waals surface area contributed by atoms with Crippen LogP contribution in [0.15, 0.2) is 17.2 Å². The molecular weight excluding hydrogens is 170 g/mol. The summed E-state index contributed by atoms with van der Waals surface area (Å²) in [6.45, 7) is 4.32. The molecule has 1 aromatic heterocycles. The van der Waals surface area contributed by atoms with Gasteiger partial charge in [-0.2, -0.15) is 0 Å². The van der Waals surface area contributed by atoms with Crippen LogP contribution in [0.1, 0.15) is 20.3 Å². The lowest BCUT2D eigenvalue weighted by Gasteiger charge is -2.05. The molecule has 0 aliphatic heterocycles. The average Bonchev–Trinajstić information content (AvgIpc) is 2.09. The molecule has 0 amide bonds. The molecule has 1 aromatic rings. The van der Waals surface area contributed by atoms with Crippen LogP contribution in [0.25, 0.3) is 0 Å². The minimum atomic E-state index is 0.475. The van der Waals surface area contributed by atoms with E-state index in [0.29, 0.717) is 11.1 Å². The van der Waals surface area contributed by atoms with Crippen molar-refractivity contribution in [3.63, 3.8) is 0 Å². The monoisotopic (exact) mass is 183 g/mol. The molecule has 2 N–H and O–H groups in total. The molecule has 3 nitrogen and oxygen atoms in total. The first kappa shape index (κ1) is 9.32. The number of thioether (sulfide) groups is 1. The highest BCUT2D eigenvalue weighted by molar-refractivity contribution is 7.99. The fraction of sp³-hybridized carbons (Fsp3) is 0.500. The number of nitrogens with zero attached hydrogens (tertiary/aromatic N) is 2. The summed E-state index contributed by atoms with van der Waals surface area (Å²) in [6.07, 6.45) is 1.14. The van der Waals surface area contributed by atoms with E-state index in [1.807, 2.05) is 6.07 Å². The Labute approximate surface area is 76.8 Å². The smallest absolute Gasteiger partial charge is 0.146 e. The average molecular weight is 183 g/mol. The van der Waals surface area contributed by atoms with Gasteiger partial charge in [0.25, 0.3) is 0 Å². The van der Waals surface area contributed by atoms with Gasteiger partial charge in [0.05, 0.1) is 0 Å². The van der Waals surface area contributed by atoms with E-state index in [0.717, 1.165) is 11.4 Å². The molecule has 0 fully saturated rings. The van der Waals surface area contributed by atoms with Crippen molar-refractivity contribution in [2.75, 3.05) is 5.73 Å². The predicted octanol–water partition coefficient (Wildman–Crippen LogP) is 1.95. The van der Waals surface area contributed by atoms with Gasteiger partial charge in [-0.3, -0.25) is 0 Å². The number of hydrogen-bond acceptors (Lipinski definition) is 4. The summed E-state index contributed by atoms with van der Waals surface area (Å²) in [4.78, 5) is 0. The van der Waals surface area contributed by atoms with Crippen molar-refractivity contribution in [3.05, 3.63) is 12.1 Å². The zero-order chi connectivity index (χ0) is 8.97. The Morgan fingerprint density at radius 3 is 2.75 bits per heavy atom. The van der Waals surface area contributed by atoms with Gasteiger partial charge in [-0.1, -0.05) is 13.8 Å². The molecule has 1 unspecified atom stereocenters. The molecule has 0 radical (unpaired) electrons. The molecule has 0 spiro atoms. The van der Waals surface area contributed by atoms with Gasteiger partial charge < -0.3 is 5.73 Å². The maximum atomic E-state index is 5.41. The molecule has 0 bridgehead atoms. The Kier molecular flexibility index (Phi) is 3.34. The molecule has 0 aromatic carbocycles. The van der Waals surface area contributed by atoms with Crippen LogP contribution in [0.5, 0.6) is 0 Å². The number of anilines is 1. The number of aromatic nitrogens is 2. The van der Waals surface area contributed by atoms with E-state index < -0.39 is 0 Å². The Bertz CT molecular complexity index is 235. The first-order valence-corrected chi connectivity index (χ1v) is 4.86. The van der Waals surface area contributed by atoms with E-state index in [2.05, 4.69) is 24.0 Å². The number of hydrogen-bond donors (Lipinski definition) is 1. The van der Waals surface area contributed by atoms with Gasteiger partial charge in [0, 0.05) is 5.25 Å². The Morgan fingerprint density at radius 2 is 2.25 bits per heavy atom. The number of nitrogens with two attached hydrogens (primary N) is 1. The van der Waals surface area contributed by atoms with Gasteiger partial charge in [-0.15, -0.1) is 22.0 Å². The first-order valence-electron chi connectivity index (χ1n) is 3.98. The molecule has 4 heteroatoms. The standard InChI is InChI=1S/C8H13N3S/c1-3-6(2)12-8-5-4-7(9)10-11-8/h4-6H,3H2,1-2H3,(H2,9,10). The molecule has 66 valence electrons. The van der Waals surface area contributed by atoms with E-state index in [4.69, 9.17) is 5.73 Å². The van der Waals surface area contributed by atoms with Crippen molar-refractivity contribution >= 4 is 17.6 Å². The molecular formula is C8H13N3S. The molecule has 12 heavy (non-hydrogen) atoms. The second-order valence-electron chi connectivity index (χ2n) is 2.63. The van der Waals surface area contributed by atoms with Crippen molar-refractivity contribution in [2.24, 2.45) is 0 Å². The lowest BCUT2D eigenvalue weighted by Crippen LogP contribution is -1.97. The highest BCUT2D eigenvalue weighted by Crippen LogP contribution is 2.22. The maximum Gasteiger partial charge on any atom is 0.146 e. The lowest BCUT2D eigenvalue weighted by atomic mass is 10.4. The minimum absolute atomic E-state index is 0.475. The summed E-state index contributed by atoms with van der Waals surface area (Å²) in [6, 6.07) is 3.68. The number of nitrogen functional groups attached to an aromatic ring is 1. The van der Waals surface area contributed by atoms with Crippen LogP contribution in [0.4, 0.5) is 5.82 Å². The molecule has 1 atom stereocenters. The van der Waals surface area contributed by atoms with E-state index >= 15 is 0 Å². The summed E-state index contributed by atoms with van der Waals surface area (Å²) < 4.78 is 0. The van der Waals surface area contributed by atoms with Crippen molar-refractivity contribution < 1.29 is 0 Å². The van der Waals surface area contributed by atoms with Gasteiger partial charge in [0.2, 0.25) is 0 Å². The van der Waals surface area contributed by atoms with Crippen LogP contribution in [0, 0.1) is 0 Å². The van der Waals surface area contributed by atoms with Crippen LogP contribution in [-0.4, -0.2) is 15.4 Å². The highest BCUT2D eigenvalue weighted by Gasteiger charge is 2.02. The Hall–Kier alpha value is -0.770. The van der Waals surface area contributed by atoms with E-state index in [9.17, 15) is 0 Å². The number of rotatable bonds is 3. The fourth-order valence-electron chi connectivity index (χ4n) is 0.683. The van der Waals surface area contributed by atoms with Crippen LogP contribution in [0.2, 0.25) is 0 Å². The second kappa shape index (κ2) is 4.30. The van der Waals surface area contributed by atoms with Gasteiger partial charge >= 0.3 is 0 Å². The summed E-state index contributed by atoms with van der Waals surface area (Å²) in [7, 11) is 0.